The van der Waals surface area contributed by atoms with E-state index in [1.165, 1.54) is 0 Å². The number of aromatic nitrogens is 1. The van der Waals surface area contributed by atoms with Crippen LogP contribution in [0.1, 0.15) is 64.9 Å². The van der Waals surface area contributed by atoms with Gasteiger partial charge in [-0.1, -0.05) is 36.4 Å². The average molecular weight is 499 g/mol. The van der Waals surface area contributed by atoms with Crippen molar-refractivity contribution in [2.45, 2.75) is 51.1 Å². The van der Waals surface area contributed by atoms with Crippen LogP contribution in [0, 0.1) is 11.8 Å². The standard InChI is InChI=1S/C30H34N4O3/c35-28(21-11-9-20(10-12-21)18-34-19-23-6-1-3-7-25(23)29(34)36)31-24-13-15-33(16-14-24)30(37)27-17-22-5-2-4-8-26(22)32-27/h1-8,17,20-21,24,32H,9-16,18-19H2,(H,31,35). The summed E-state index contributed by atoms with van der Waals surface area (Å²) in [4.78, 5) is 45.7. The summed E-state index contributed by atoms with van der Waals surface area (Å²) in [6, 6.07) is 17.8. The topological polar surface area (TPSA) is 85.5 Å². The van der Waals surface area contributed by atoms with Crippen molar-refractivity contribution >= 4 is 28.6 Å². The molecule has 0 bridgehead atoms. The van der Waals surface area contributed by atoms with E-state index in [4.69, 9.17) is 0 Å². The molecule has 1 aliphatic carbocycles. The van der Waals surface area contributed by atoms with Crippen LogP contribution in [-0.4, -0.2) is 58.2 Å². The van der Waals surface area contributed by atoms with Crippen molar-refractivity contribution in [2.24, 2.45) is 11.8 Å². The van der Waals surface area contributed by atoms with E-state index in [0.717, 1.165) is 67.1 Å². The molecule has 1 saturated carbocycles. The first-order chi connectivity index (χ1) is 18.0. The smallest absolute Gasteiger partial charge is 0.270 e. The summed E-state index contributed by atoms with van der Waals surface area (Å²) in [6.07, 6.45) is 5.28. The Morgan fingerprint density at radius 1 is 0.919 bits per heavy atom. The maximum atomic E-state index is 13.0. The summed E-state index contributed by atoms with van der Waals surface area (Å²) >= 11 is 0. The van der Waals surface area contributed by atoms with Gasteiger partial charge in [-0.25, -0.2) is 0 Å². The minimum Gasteiger partial charge on any atom is -0.353 e. The van der Waals surface area contributed by atoms with Gasteiger partial charge >= 0.3 is 0 Å². The molecule has 2 aromatic carbocycles. The molecule has 1 saturated heterocycles. The Labute approximate surface area is 217 Å². The Morgan fingerprint density at radius 2 is 1.65 bits per heavy atom. The summed E-state index contributed by atoms with van der Waals surface area (Å²) in [5.41, 5.74) is 3.55. The molecule has 2 aliphatic heterocycles. The average Bonchev–Trinajstić information content (AvgIpc) is 3.50. The van der Waals surface area contributed by atoms with Crippen LogP contribution in [0.2, 0.25) is 0 Å². The first-order valence-electron chi connectivity index (χ1n) is 13.6. The fourth-order valence-electron chi connectivity index (χ4n) is 6.29. The number of benzene rings is 2. The van der Waals surface area contributed by atoms with Crippen LogP contribution in [0.25, 0.3) is 10.9 Å². The number of piperidine rings is 1. The second-order valence-corrected chi connectivity index (χ2v) is 10.9. The molecule has 3 heterocycles. The van der Waals surface area contributed by atoms with E-state index in [9.17, 15) is 14.4 Å². The third kappa shape index (κ3) is 4.87. The molecule has 3 amide bonds. The fourth-order valence-corrected chi connectivity index (χ4v) is 6.29. The van der Waals surface area contributed by atoms with Gasteiger partial charge in [0.1, 0.15) is 5.69 Å². The van der Waals surface area contributed by atoms with Crippen molar-refractivity contribution in [1.29, 1.82) is 0 Å². The van der Waals surface area contributed by atoms with Gasteiger partial charge in [0.25, 0.3) is 11.8 Å². The third-order valence-corrected chi connectivity index (χ3v) is 8.48. The van der Waals surface area contributed by atoms with Gasteiger partial charge in [0, 0.05) is 54.6 Å². The number of para-hydroxylation sites is 1. The molecule has 192 valence electrons. The zero-order valence-corrected chi connectivity index (χ0v) is 21.1. The van der Waals surface area contributed by atoms with Gasteiger partial charge in [-0.2, -0.15) is 0 Å². The highest BCUT2D eigenvalue weighted by Crippen LogP contribution is 2.32. The lowest BCUT2D eigenvalue weighted by Gasteiger charge is -2.34. The molecule has 0 atom stereocenters. The highest BCUT2D eigenvalue weighted by Gasteiger charge is 2.33. The van der Waals surface area contributed by atoms with Crippen LogP contribution < -0.4 is 5.32 Å². The molecule has 3 aromatic rings. The number of carbonyl (C=O) groups excluding carboxylic acids is 3. The molecular formula is C30H34N4O3. The van der Waals surface area contributed by atoms with Crippen LogP contribution >= 0.6 is 0 Å². The molecule has 37 heavy (non-hydrogen) atoms. The third-order valence-electron chi connectivity index (χ3n) is 8.48. The van der Waals surface area contributed by atoms with E-state index in [-0.39, 0.29) is 29.7 Å². The number of nitrogens with zero attached hydrogens (tertiary/aromatic N) is 2. The number of likely N-dealkylation sites (tertiary alicyclic amines) is 1. The van der Waals surface area contributed by atoms with E-state index < -0.39 is 0 Å². The fraction of sp³-hybridized carbons (Fsp3) is 0.433. The molecule has 2 fully saturated rings. The van der Waals surface area contributed by atoms with E-state index in [0.29, 0.717) is 31.2 Å². The second-order valence-electron chi connectivity index (χ2n) is 10.9. The van der Waals surface area contributed by atoms with Gasteiger partial charge in [-0.3, -0.25) is 14.4 Å². The van der Waals surface area contributed by atoms with Crippen molar-refractivity contribution in [3.8, 4) is 0 Å². The lowest BCUT2D eigenvalue weighted by molar-refractivity contribution is -0.127. The summed E-state index contributed by atoms with van der Waals surface area (Å²) < 4.78 is 0. The van der Waals surface area contributed by atoms with Crippen molar-refractivity contribution in [3.05, 3.63) is 71.4 Å². The number of H-pyrrole nitrogens is 1. The molecule has 7 heteroatoms. The van der Waals surface area contributed by atoms with Crippen LogP contribution in [-0.2, 0) is 11.3 Å². The number of amides is 3. The van der Waals surface area contributed by atoms with Crippen LogP contribution in [0.3, 0.4) is 0 Å². The predicted molar refractivity (Wildman–Crippen MR) is 142 cm³/mol. The Hall–Kier alpha value is -3.61. The number of carbonyl (C=O) groups is 3. The number of rotatable bonds is 5. The Bertz CT molecular complexity index is 1280. The minimum absolute atomic E-state index is 0.0267. The maximum Gasteiger partial charge on any atom is 0.270 e. The van der Waals surface area contributed by atoms with Crippen LogP contribution in [0.5, 0.6) is 0 Å². The molecule has 1 aromatic heterocycles. The number of aromatic amines is 1. The number of fused-ring (bicyclic) bond motifs is 2. The zero-order chi connectivity index (χ0) is 25.4. The van der Waals surface area contributed by atoms with Crippen LogP contribution in [0.4, 0.5) is 0 Å². The van der Waals surface area contributed by atoms with Crippen molar-refractivity contribution in [1.82, 2.24) is 20.1 Å². The summed E-state index contributed by atoms with van der Waals surface area (Å²) in [5, 5.41) is 4.31. The highest BCUT2D eigenvalue weighted by atomic mass is 16.2. The Balaban J connectivity index is 0.943. The molecule has 3 aliphatic rings. The van der Waals surface area contributed by atoms with Crippen LogP contribution in [0.15, 0.2) is 54.6 Å². The minimum atomic E-state index is 0.0267. The largest absolute Gasteiger partial charge is 0.353 e. The van der Waals surface area contributed by atoms with E-state index >= 15 is 0 Å². The van der Waals surface area contributed by atoms with Crippen molar-refractivity contribution in [3.63, 3.8) is 0 Å². The lowest BCUT2D eigenvalue weighted by Crippen LogP contribution is -2.48. The number of hydrogen-bond donors (Lipinski definition) is 2. The molecule has 0 unspecified atom stereocenters. The first kappa shape index (κ1) is 23.8. The normalized spacial score (nSPS) is 22.3. The molecule has 7 nitrogen and oxygen atoms in total. The van der Waals surface area contributed by atoms with Gasteiger partial charge < -0.3 is 20.1 Å². The van der Waals surface area contributed by atoms with Crippen molar-refractivity contribution in [2.75, 3.05) is 19.6 Å². The molecule has 6 rings (SSSR count). The summed E-state index contributed by atoms with van der Waals surface area (Å²) in [5.74, 6) is 0.835. The monoisotopic (exact) mass is 498 g/mol. The van der Waals surface area contributed by atoms with Gasteiger partial charge in [-0.15, -0.1) is 0 Å². The van der Waals surface area contributed by atoms with Gasteiger partial charge in [-0.05, 0) is 68.2 Å². The Morgan fingerprint density at radius 3 is 2.41 bits per heavy atom. The van der Waals surface area contributed by atoms with E-state index in [1.54, 1.807) is 0 Å². The molecule has 2 N–H and O–H groups in total. The SMILES string of the molecule is O=C(NC1CCN(C(=O)c2cc3ccccc3[nH]2)CC1)C1CCC(CN2Cc3ccccc3C2=O)CC1. The summed E-state index contributed by atoms with van der Waals surface area (Å²) in [6.45, 7) is 2.79. The quantitative estimate of drug-likeness (QED) is 0.548. The van der Waals surface area contributed by atoms with Gasteiger partial charge in [0.15, 0.2) is 0 Å². The maximum absolute atomic E-state index is 13.0. The number of nitrogens with one attached hydrogen (secondary N) is 2. The van der Waals surface area contributed by atoms with E-state index in [1.807, 2.05) is 64.4 Å². The lowest BCUT2D eigenvalue weighted by atomic mass is 9.81. The molecular weight excluding hydrogens is 464 g/mol. The van der Waals surface area contributed by atoms with E-state index in [2.05, 4.69) is 10.3 Å². The van der Waals surface area contributed by atoms with Gasteiger partial charge in [0.05, 0.1) is 0 Å². The number of hydrogen-bond acceptors (Lipinski definition) is 3. The molecule has 0 radical (unpaired) electrons. The van der Waals surface area contributed by atoms with Gasteiger partial charge in [0.2, 0.25) is 5.91 Å². The predicted octanol–water partition coefficient (Wildman–Crippen LogP) is 4.35. The summed E-state index contributed by atoms with van der Waals surface area (Å²) in [7, 11) is 0. The first-order valence-corrected chi connectivity index (χ1v) is 13.6. The Kier molecular flexibility index (Phi) is 6.45. The zero-order valence-electron chi connectivity index (χ0n) is 21.1. The molecule has 0 spiro atoms. The highest BCUT2D eigenvalue weighted by molar-refractivity contribution is 5.98. The second kappa shape index (κ2) is 10.0. The van der Waals surface area contributed by atoms with Crippen molar-refractivity contribution < 1.29 is 14.4 Å².